The summed E-state index contributed by atoms with van der Waals surface area (Å²) >= 11 is 0. The molecule has 1 amide bonds. The van der Waals surface area contributed by atoms with Crippen LogP contribution in [0.15, 0.2) is 42.6 Å². The number of carbonyl (C=O) groups excluding carboxylic acids is 1. The van der Waals surface area contributed by atoms with E-state index in [1.807, 2.05) is 41.4 Å². The van der Waals surface area contributed by atoms with Crippen LogP contribution >= 0.6 is 0 Å². The van der Waals surface area contributed by atoms with Crippen LogP contribution in [0.25, 0.3) is 0 Å². The normalized spacial score (nSPS) is 20.3. The lowest BCUT2D eigenvalue weighted by molar-refractivity contribution is 0.0765. The lowest BCUT2D eigenvalue weighted by Gasteiger charge is -2.28. The summed E-state index contributed by atoms with van der Waals surface area (Å²) in [7, 11) is 0. The lowest BCUT2D eigenvalue weighted by atomic mass is 10.1. The fraction of sp³-hybridized carbons (Fsp3) is 0.308. The highest BCUT2D eigenvalue weighted by Crippen LogP contribution is 2.17. The van der Waals surface area contributed by atoms with Crippen molar-refractivity contribution in [2.75, 3.05) is 0 Å². The average Bonchev–Trinajstić information content (AvgIpc) is 2.30. The highest BCUT2D eigenvalue weighted by Gasteiger charge is 2.20. The molecule has 0 N–H and O–H groups in total. The van der Waals surface area contributed by atoms with E-state index in [1.54, 1.807) is 0 Å². The molecule has 1 heterocycles. The Hall–Kier alpha value is -1.57. The molecule has 2 rings (SSSR count). The van der Waals surface area contributed by atoms with Crippen LogP contribution in [0, 0.1) is 0 Å². The predicted octanol–water partition coefficient (Wildman–Crippen LogP) is 2.82. The third-order valence-corrected chi connectivity index (χ3v) is 2.75. The van der Waals surface area contributed by atoms with Gasteiger partial charge < -0.3 is 4.90 Å². The van der Waals surface area contributed by atoms with E-state index in [9.17, 15) is 4.79 Å². The van der Waals surface area contributed by atoms with Crippen molar-refractivity contribution in [1.82, 2.24) is 4.90 Å². The molecule has 0 bridgehead atoms. The summed E-state index contributed by atoms with van der Waals surface area (Å²) in [5, 5.41) is 0. The fourth-order valence-electron chi connectivity index (χ4n) is 1.81. The van der Waals surface area contributed by atoms with E-state index in [1.165, 1.54) is 0 Å². The van der Waals surface area contributed by atoms with E-state index in [0.29, 0.717) is 6.04 Å². The molecule has 1 unspecified atom stereocenters. The summed E-state index contributed by atoms with van der Waals surface area (Å²) in [6.07, 6.45) is 6.08. The minimum absolute atomic E-state index is 0.0963. The third-order valence-electron chi connectivity index (χ3n) is 2.75. The Morgan fingerprint density at radius 3 is 2.73 bits per heavy atom. The van der Waals surface area contributed by atoms with Gasteiger partial charge in [0.1, 0.15) is 0 Å². The zero-order valence-corrected chi connectivity index (χ0v) is 8.89. The summed E-state index contributed by atoms with van der Waals surface area (Å²) in [5.41, 5.74) is 0.760. The Morgan fingerprint density at radius 2 is 2.07 bits per heavy atom. The van der Waals surface area contributed by atoms with Crippen LogP contribution in [-0.2, 0) is 0 Å². The van der Waals surface area contributed by atoms with Crippen LogP contribution in [0.1, 0.15) is 30.1 Å². The fourth-order valence-corrected chi connectivity index (χ4v) is 1.81. The Balaban J connectivity index is 2.21. The van der Waals surface area contributed by atoms with Gasteiger partial charge in [0.05, 0.1) is 0 Å². The quantitative estimate of drug-likeness (QED) is 0.684. The first-order chi connectivity index (χ1) is 7.29. The number of amides is 1. The molecule has 15 heavy (non-hydrogen) atoms. The van der Waals surface area contributed by atoms with Crippen LogP contribution in [0.5, 0.6) is 0 Å². The van der Waals surface area contributed by atoms with E-state index in [-0.39, 0.29) is 5.91 Å². The van der Waals surface area contributed by atoms with Crippen LogP contribution in [0.4, 0.5) is 0 Å². The molecular formula is C13H15NO. The summed E-state index contributed by atoms with van der Waals surface area (Å²) in [6, 6.07) is 9.74. The van der Waals surface area contributed by atoms with Gasteiger partial charge >= 0.3 is 0 Å². The number of rotatable bonds is 1. The van der Waals surface area contributed by atoms with E-state index in [0.717, 1.165) is 18.4 Å². The highest BCUT2D eigenvalue weighted by molar-refractivity contribution is 5.95. The van der Waals surface area contributed by atoms with Gasteiger partial charge in [-0.3, -0.25) is 4.79 Å². The van der Waals surface area contributed by atoms with Crippen molar-refractivity contribution < 1.29 is 4.79 Å². The number of allylic oxidation sites excluding steroid dienone is 1. The third kappa shape index (κ3) is 2.09. The molecule has 2 heteroatoms. The molecule has 0 fully saturated rings. The number of benzene rings is 1. The maximum absolute atomic E-state index is 12.1. The molecule has 0 radical (unpaired) electrons. The Labute approximate surface area is 90.2 Å². The molecule has 1 aliphatic heterocycles. The molecule has 0 saturated heterocycles. The van der Waals surface area contributed by atoms with Crippen molar-refractivity contribution in [3.8, 4) is 0 Å². The SMILES string of the molecule is CC1CCC=CN1C(=O)c1ccccc1. The molecular weight excluding hydrogens is 186 g/mol. The lowest BCUT2D eigenvalue weighted by Crippen LogP contribution is -2.35. The van der Waals surface area contributed by atoms with Crippen LogP contribution < -0.4 is 0 Å². The van der Waals surface area contributed by atoms with E-state index in [2.05, 4.69) is 13.0 Å². The second-order valence-electron chi connectivity index (χ2n) is 3.89. The first kappa shape index (κ1) is 9.97. The molecule has 0 aliphatic carbocycles. The summed E-state index contributed by atoms with van der Waals surface area (Å²) in [4.78, 5) is 13.9. The number of carbonyl (C=O) groups is 1. The molecule has 1 aliphatic rings. The van der Waals surface area contributed by atoms with Gasteiger partial charge in [0.2, 0.25) is 0 Å². The molecule has 78 valence electrons. The van der Waals surface area contributed by atoms with E-state index >= 15 is 0 Å². The largest absolute Gasteiger partial charge is 0.313 e. The predicted molar refractivity (Wildman–Crippen MR) is 60.4 cm³/mol. The number of hydrogen-bond acceptors (Lipinski definition) is 1. The van der Waals surface area contributed by atoms with Gasteiger partial charge in [-0.05, 0) is 31.9 Å². The van der Waals surface area contributed by atoms with E-state index in [4.69, 9.17) is 0 Å². The van der Waals surface area contributed by atoms with Crippen molar-refractivity contribution in [2.24, 2.45) is 0 Å². The van der Waals surface area contributed by atoms with Gasteiger partial charge in [-0.2, -0.15) is 0 Å². The topological polar surface area (TPSA) is 20.3 Å². The molecule has 1 aromatic rings. The molecule has 2 nitrogen and oxygen atoms in total. The van der Waals surface area contributed by atoms with Crippen LogP contribution in [0.3, 0.4) is 0 Å². The Bertz CT molecular complexity index is 369. The second-order valence-corrected chi connectivity index (χ2v) is 3.89. The monoisotopic (exact) mass is 201 g/mol. The van der Waals surface area contributed by atoms with Crippen molar-refractivity contribution in [3.05, 3.63) is 48.2 Å². The first-order valence-electron chi connectivity index (χ1n) is 5.33. The molecule has 0 aromatic heterocycles. The van der Waals surface area contributed by atoms with Crippen LogP contribution in [0.2, 0.25) is 0 Å². The number of hydrogen-bond donors (Lipinski definition) is 0. The summed E-state index contributed by atoms with van der Waals surface area (Å²) in [5.74, 6) is 0.0963. The van der Waals surface area contributed by atoms with E-state index < -0.39 is 0 Å². The second kappa shape index (κ2) is 4.30. The van der Waals surface area contributed by atoms with Gasteiger partial charge in [-0.25, -0.2) is 0 Å². The van der Waals surface area contributed by atoms with Gasteiger partial charge in [0.15, 0.2) is 0 Å². The zero-order chi connectivity index (χ0) is 10.7. The summed E-state index contributed by atoms with van der Waals surface area (Å²) < 4.78 is 0. The molecule has 0 spiro atoms. The minimum atomic E-state index is 0.0963. The Morgan fingerprint density at radius 1 is 1.33 bits per heavy atom. The zero-order valence-electron chi connectivity index (χ0n) is 8.89. The van der Waals surface area contributed by atoms with Crippen molar-refractivity contribution in [2.45, 2.75) is 25.8 Å². The molecule has 1 atom stereocenters. The van der Waals surface area contributed by atoms with Crippen molar-refractivity contribution >= 4 is 5.91 Å². The molecule has 0 saturated carbocycles. The first-order valence-corrected chi connectivity index (χ1v) is 5.33. The minimum Gasteiger partial charge on any atom is -0.313 e. The maximum Gasteiger partial charge on any atom is 0.258 e. The molecule has 1 aromatic carbocycles. The summed E-state index contributed by atoms with van der Waals surface area (Å²) in [6.45, 7) is 2.09. The Kier molecular flexibility index (Phi) is 2.86. The van der Waals surface area contributed by atoms with Gasteiger partial charge in [0.25, 0.3) is 5.91 Å². The van der Waals surface area contributed by atoms with Crippen LogP contribution in [-0.4, -0.2) is 16.8 Å². The van der Waals surface area contributed by atoms with Gasteiger partial charge in [-0.15, -0.1) is 0 Å². The maximum atomic E-state index is 12.1. The standard InChI is InChI=1S/C13H15NO/c1-11-7-5-6-10-14(11)13(15)12-8-3-2-4-9-12/h2-4,6,8-11H,5,7H2,1H3. The van der Waals surface area contributed by atoms with Crippen molar-refractivity contribution in [1.29, 1.82) is 0 Å². The average molecular weight is 201 g/mol. The number of nitrogens with zero attached hydrogens (tertiary/aromatic N) is 1. The van der Waals surface area contributed by atoms with Crippen molar-refractivity contribution in [3.63, 3.8) is 0 Å². The smallest absolute Gasteiger partial charge is 0.258 e. The van der Waals surface area contributed by atoms with Gasteiger partial charge in [-0.1, -0.05) is 24.3 Å². The van der Waals surface area contributed by atoms with Gasteiger partial charge in [0, 0.05) is 17.8 Å². The highest BCUT2D eigenvalue weighted by atomic mass is 16.2.